The maximum atomic E-state index is 12.5. The largest absolute Gasteiger partial charge is 0.493 e. The van der Waals surface area contributed by atoms with Gasteiger partial charge in [-0.2, -0.15) is 0 Å². The lowest BCUT2D eigenvalue weighted by Gasteiger charge is -2.25. The highest BCUT2D eigenvalue weighted by Gasteiger charge is 2.20. The van der Waals surface area contributed by atoms with Gasteiger partial charge in [-0.15, -0.1) is 11.3 Å². The molecule has 8 heteroatoms. The number of rotatable bonds is 8. The Labute approximate surface area is 167 Å². The van der Waals surface area contributed by atoms with Crippen LogP contribution < -0.4 is 14.8 Å². The normalized spacial score (nSPS) is 12.0. The summed E-state index contributed by atoms with van der Waals surface area (Å²) in [6.07, 6.45) is 0. The average molecular weight is 401 g/mol. The first-order valence-corrected chi connectivity index (χ1v) is 9.58. The number of aromatic nitrogens is 1. The van der Waals surface area contributed by atoms with Crippen molar-refractivity contribution in [2.45, 2.75) is 6.04 Å². The lowest BCUT2D eigenvalue weighted by Crippen LogP contribution is -2.34. The zero-order valence-electron chi connectivity index (χ0n) is 16.3. The van der Waals surface area contributed by atoms with Crippen molar-refractivity contribution in [2.75, 3.05) is 34.9 Å². The van der Waals surface area contributed by atoms with Crippen LogP contribution in [-0.4, -0.2) is 50.8 Å². The number of benzene rings is 1. The number of carbonyl (C=O) groups excluding carboxylic acids is 1. The van der Waals surface area contributed by atoms with Gasteiger partial charge >= 0.3 is 0 Å². The number of carbonyl (C=O) groups is 1. The predicted octanol–water partition coefficient (Wildman–Crippen LogP) is 3.45. The summed E-state index contributed by atoms with van der Waals surface area (Å²) in [5.41, 5.74) is 1.26. The Balaban J connectivity index is 1.71. The molecule has 28 heavy (non-hydrogen) atoms. The number of thiophene rings is 1. The molecule has 1 N–H and O–H groups in total. The summed E-state index contributed by atoms with van der Waals surface area (Å²) in [4.78, 5) is 15.5. The van der Waals surface area contributed by atoms with E-state index >= 15 is 0 Å². The Kier molecular flexibility index (Phi) is 6.33. The third kappa shape index (κ3) is 4.35. The first kappa shape index (κ1) is 19.9. The van der Waals surface area contributed by atoms with E-state index in [1.54, 1.807) is 20.3 Å². The lowest BCUT2D eigenvalue weighted by molar-refractivity contribution is 0.0933. The molecule has 0 aliphatic carbocycles. The molecule has 3 aromatic rings. The number of hydrogen-bond donors (Lipinski definition) is 1. The monoisotopic (exact) mass is 401 g/mol. The van der Waals surface area contributed by atoms with Crippen LogP contribution in [0.15, 0.2) is 46.3 Å². The van der Waals surface area contributed by atoms with Crippen molar-refractivity contribution in [1.82, 2.24) is 15.4 Å². The summed E-state index contributed by atoms with van der Waals surface area (Å²) in [7, 11) is 7.12. The molecule has 0 spiro atoms. The molecule has 2 aromatic heterocycles. The summed E-state index contributed by atoms with van der Waals surface area (Å²) < 4.78 is 16.0. The molecular weight excluding hydrogens is 378 g/mol. The molecule has 3 rings (SSSR count). The molecule has 1 amide bonds. The molecule has 2 heterocycles. The quantitative estimate of drug-likeness (QED) is 0.623. The maximum absolute atomic E-state index is 12.5. The van der Waals surface area contributed by atoms with Gasteiger partial charge < -0.3 is 24.2 Å². The van der Waals surface area contributed by atoms with Gasteiger partial charge in [0, 0.05) is 12.6 Å². The first-order chi connectivity index (χ1) is 13.5. The zero-order chi connectivity index (χ0) is 20.1. The van der Waals surface area contributed by atoms with Crippen LogP contribution in [0.4, 0.5) is 0 Å². The Morgan fingerprint density at radius 2 is 2.00 bits per heavy atom. The second-order valence-electron chi connectivity index (χ2n) is 6.36. The molecule has 0 saturated heterocycles. The SMILES string of the molecule is COc1ccc(C(CNC(=O)c2cc(-c3cccs3)on2)N(C)C)cc1OC. The minimum Gasteiger partial charge on any atom is -0.493 e. The molecule has 0 saturated carbocycles. The molecule has 7 nitrogen and oxygen atoms in total. The van der Waals surface area contributed by atoms with Crippen LogP contribution in [0.5, 0.6) is 11.5 Å². The highest BCUT2D eigenvalue weighted by molar-refractivity contribution is 7.13. The number of likely N-dealkylation sites (N-methyl/N-ethyl adjacent to an activating group) is 1. The first-order valence-electron chi connectivity index (χ1n) is 8.70. The number of amides is 1. The molecule has 1 atom stereocenters. The van der Waals surface area contributed by atoms with Crippen molar-refractivity contribution in [2.24, 2.45) is 0 Å². The highest BCUT2D eigenvalue weighted by atomic mass is 32.1. The molecule has 0 aliphatic heterocycles. The summed E-state index contributed by atoms with van der Waals surface area (Å²) in [6, 6.07) is 11.2. The van der Waals surface area contributed by atoms with Crippen molar-refractivity contribution >= 4 is 17.2 Å². The lowest BCUT2D eigenvalue weighted by atomic mass is 10.0. The van der Waals surface area contributed by atoms with Crippen molar-refractivity contribution in [3.05, 3.63) is 53.0 Å². The maximum Gasteiger partial charge on any atom is 0.273 e. The van der Waals surface area contributed by atoms with E-state index in [1.165, 1.54) is 11.3 Å². The van der Waals surface area contributed by atoms with Crippen LogP contribution in [-0.2, 0) is 0 Å². The highest BCUT2D eigenvalue weighted by Crippen LogP contribution is 2.31. The number of nitrogens with one attached hydrogen (secondary N) is 1. The Morgan fingerprint density at radius 3 is 2.64 bits per heavy atom. The second kappa shape index (κ2) is 8.90. The van der Waals surface area contributed by atoms with Gasteiger partial charge in [-0.1, -0.05) is 17.3 Å². The van der Waals surface area contributed by atoms with Crippen molar-refractivity contribution in [3.8, 4) is 22.1 Å². The van der Waals surface area contributed by atoms with Gasteiger partial charge in [0.15, 0.2) is 23.0 Å². The van der Waals surface area contributed by atoms with E-state index in [1.807, 2.05) is 54.7 Å². The van der Waals surface area contributed by atoms with Crippen molar-refractivity contribution in [3.63, 3.8) is 0 Å². The van der Waals surface area contributed by atoms with Gasteiger partial charge in [-0.25, -0.2) is 0 Å². The molecule has 148 valence electrons. The van der Waals surface area contributed by atoms with Gasteiger partial charge in [-0.3, -0.25) is 4.79 Å². The van der Waals surface area contributed by atoms with Crippen molar-refractivity contribution in [1.29, 1.82) is 0 Å². The Hall–Kier alpha value is -2.84. The number of hydrogen-bond acceptors (Lipinski definition) is 7. The van der Waals surface area contributed by atoms with Gasteiger partial charge in [0.1, 0.15) is 0 Å². The van der Waals surface area contributed by atoms with E-state index in [0.29, 0.717) is 23.8 Å². The smallest absolute Gasteiger partial charge is 0.273 e. The van der Waals surface area contributed by atoms with E-state index in [4.69, 9.17) is 14.0 Å². The topological polar surface area (TPSA) is 76.8 Å². The molecular formula is C20H23N3O4S. The zero-order valence-corrected chi connectivity index (χ0v) is 17.1. The minimum absolute atomic E-state index is 0.0487. The van der Waals surface area contributed by atoms with Crippen LogP contribution in [0.3, 0.4) is 0 Å². The van der Waals surface area contributed by atoms with Gasteiger partial charge in [0.25, 0.3) is 5.91 Å². The van der Waals surface area contributed by atoms with Crippen LogP contribution in [0.25, 0.3) is 10.6 Å². The van der Waals surface area contributed by atoms with Crippen LogP contribution in [0.1, 0.15) is 22.1 Å². The standard InChI is InChI=1S/C20H23N3O4S/c1-23(2)15(13-7-8-16(25-3)17(10-13)26-4)12-21-20(24)14-11-18(27-22-14)19-6-5-9-28-19/h5-11,15H,12H2,1-4H3,(H,21,24). The van der Waals surface area contributed by atoms with E-state index in [9.17, 15) is 4.79 Å². The fourth-order valence-electron chi connectivity index (χ4n) is 2.86. The van der Waals surface area contributed by atoms with Gasteiger partial charge in [0.2, 0.25) is 0 Å². The summed E-state index contributed by atoms with van der Waals surface area (Å²) in [5, 5.41) is 8.77. The Bertz CT molecular complexity index is 921. The van der Waals surface area contributed by atoms with Crippen LogP contribution in [0, 0.1) is 0 Å². The van der Waals surface area contributed by atoms with E-state index in [2.05, 4.69) is 10.5 Å². The molecule has 0 bridgehead atoms. The number of methoxy groups -OCH3 is 2. The van der Waals surface area contributed by atoms with Crippen LogP contribution in [0.2, 0.25) is 0 Å². The minimum atomic E-state index is -0.279. The van der Waals surface area contributed by atoms with Crippen molar-refractivity contribution < 1.29 is 18.8 Å². The van der Waals surface area contributed by atoms with Gasteiger partial charge in [0.05, 0.1) is 25.1 Å². The predicted molar refractivity (Wildman–Crippen MR) is 108 cm³/mol. The van der Waals surface area contributed by atoms with E-state index in [-0.39, 0.29) is 17.6 Å². The molecule has 1 aromatic carbocycles. The fraction of sp³-hybridized carbons (Fsp3) is 0.300. The van der Waals surface area contributed by atoms with Crippen LogP contribution >= 0.6 is 11.3 Å². The molecule has 0 radical (unpaired) electrons. The number of ether oxygens (including phenoxy) is 2. The Morgan fingerprint density at radius 1 is 1.21 bits per heavy atom. The third-order valence-electron chi connectivity index (χ3n) is 4.38. The third-order valence-corrected chi connectivity index (χ3v) is 5.26. The number of nitrogens with zero attached hydrogens (tertiary/aromatic N) is 2. The fourth-order valence-corrected chi connectivity index (χ4v) is 3.53. The van der Waals surface area contributed by atoms with E-state index < -0.39 is 0 Å². The average Bonchev–Trinajstić information content (AvgIpc) is 3.39. The molecule has 0 aliphatic rings. The van der Waals surface area contributed by atoms with Gasteiger partial charge in [-0.05, 0) is 43.2 Å². The summed E-state index contributed by atoms with van der Waals surface area (Å²) >= 11 is 1.53. The summed E-state index contributed by atoms with van der Waals surface area (Å²) in [5.74, 6) is 1.62. The molecule has 0 fully saturated rings. The summed E-state index contributed by atoms with van der Waals surface area (Å²) in [6.45, 7) is 0.405. The van der Waals surface area contributed by atoms with E-state index in [0.717, 1.165) is 10.4 Å². The molecule has 1 unspecified atom stereocenters. The second-order valence-corrected chi connectivity index (χ2v) is 7.31.